The molecule has 1 N–H and O–H groups in total. The van der Waals surface area contributed by atoms with E-state index in [9.17, 15) is 9.59 Å². The number of aliphatic carboxylic acids is 1. The lowest BCUT2D eigenvalue weighted by Crippen LogP contribution is -2.26. The second-order valence-electron chi connectivity index (χ2n) is 3.94. The van der Waals surface area contributed by atoms with E-state index >= 15 is 0 Å². The van der Waals surface area contributed by atoms with Crippen LogP contribution in [-0.2, 0) is 9.59 Å². The molecule has 3 nitrogen and oxygen atoms in total. The number of carbonyl (C=O) groups is 2. The van der Waals surface area contributed by atoms with Gasteiger partial charge >= 0.3 is 5.97 Å². The fourth-order valence-electron chi connectivity index (χ4n) is 1.77. The highest BCUT2D eigenvalue weighted by molar-refractivity contribution is 6.35. The second-order valence-corrected chi connectivity index (χ2v) is 3.94. The Morgan fingerprint density at radius 1 is 1.25 bits per heavy atom. The topological polar surface area (TPSA) is 54.4 Å². The summed E-state index contributed by atoms with van der Waals surface area (Å²) in [4.78, 5) is 22.4. The molecule has 2 unspecified atom stereocenters. The maximum absolute atomic E-state index is 11.6. The van der Waals surface area contributed by atoms with E-state index in [0.717, 1.165) is 12.0 Å². The predicted octanol–water partition coefficient (Wildman–Crippen LogP) is 2.47. The normalized spacial score (nSPS) is 14.1. The number of hydrogen-bond donors (Lipinski definition) is 1. The molecule has 0 fully saturated rings. The van der Waals surface area contributed by atoms with Crippen molar-refractivity contribution in [3.63, 3.8) is 0 Å². The van der Waals surface area contributed by atoms with Crippen molar-refractivity contribution in [3.8, 4) is 0 Å². The van der Waals surface area contributed by atoms with Crippen LogP contribution in [0, 0.1) is 5.92 Å². The van der Waals surface area contributed by atoms with E-state index in [0.29, 0.717) is 0 Å². The first-order valence-electron chi connectivity index (χ1n) is 5.40. The van der Waals surface area contributed by atoms with Crippen LogP contribution in [0.2, 0.25) is 0 Å². The predicted molar refractivity (Wildman–Crippen MR) is 61.3 cm³/mol. The summed E-state index contributed by atoms with van der Waals surface area (Å²) < 4.78 is 0. The summed E-state index contributed by atoms with van der Waals surface area (Å²) >= 11 is 0. The number of carboxylic acids is 1. The van der Waals surface area contributed by atoms with Crippen LogP contribution in [0.1, 0.15) is 31.7 Å². The van der Waals surface area contributed by atoms with Crippen LogP contribution >= 0.6 is 0 Å². The molecule has 0 saturated carbocycles. The SMILES string of the molecule is CCC(C)C(C(=O)C(=O)O)c1ccccc1. The van der Waals surface area contributed by atoms with Gasteiger partial charge in [0, 0.05) is 0 Å². The molecule has 0 heterocycles. The molecule has 0 spiro atoms. The average Bonchev–Trinajstić information content (AvgIpc) is 2.30. The van der Waals surface area contributed by atoms with E-state index in [1.807, 2.05) is 32.0 Å². The number of hydrogen-bond acceptors (Lipinski definition) is 2. The first-order valence-corrected chi connectivity index (χ1v) is 5.40. The van der Waals surface area contributed by atoms with Crippen molar-refractivity contribution >= 4 is 11.8 Å². The van der Waals surface area contributed by atoms with E-state index in [4.69, 9.17) is 5.11 Å². The quantitative estimate of drug-likeness (QED) is 0.775. The van der Waals surface area contributed by atoms with Gasteiger partial charge in [0.1, 0.15) is 0 Å². The lowest BCUT2D eigenvalue weighted by atomic mass is 9.82. The molecule has 1 rings (SSSR count). The molecule has 0 aromatic heterocycles. The highest BCUT2D eigenvalue weighted by Crippen LogP contribution is 2.27. The average molecular weight is 220 g/mol. The molecule has 0 aliphatic carbocycles. The van der Waals surface area contributed by atoms with Crippen molar-refractivity contribution in [1.82, 2.24) is 0 Å². The van der Waals surface area contributed by atoms with Gasteiger partial charge in [-0.25, -0.2) is 4.79 Å². The van der Waals surface area contributed by atoms with Gasteiger partial charge in [-0.3, -0.25) is 4.79 Å². The third kappa shape index (κ3) is 2.69. The summed E-state index contributed by atoms with van der Waals surface area (Å²) in [5, 5.41) is 8.81. The number of ketones is 1. The van der Waals surface area contributed by atoms with Crippen molar-refractivity contribution < 1.29 is 14.7 Å². The molecular weight excluding hydrogens is 204 g/mol. The summed E-state index contributed by atoms with van der Waals surface area (Å²) in [6.45, 7) is 3.86. The minimum absolute atomic E-state index is 0.0333. The van der Waals surface area contributed by atoms with Gasteiger partial charge in [-0.1, -0.05) is 50.6 Å². The molecule has 0 aliphatic heterocycles. The van der Waals surface area contributed by atoms with Crippen LogP contribution < -0.4 is 0 Å². The Kier molecular flexibility index (Phi) is 4.23. The fourth-order valence-corrected chi connectivity index (χ4v) is 1.77. The summed E-state index contributed by atoms with van der Waals surface area (Å²) in [6, 6.07) is 9.09. The summed E-state index contributed by atoms with van der Waals surface area (Å²) in [6.07, 6.45) is 0.776. The first kappa shape index (κ1) is 12.4. The minimum atomic E-state index is -1.35. The first-order chi connectivity index (χ1) is 7.57. The van der Waals surface area contributed by atoms with E-state index in [1.54, 1.807) is 12.1 Å². The second kappa shape index (κ2) is 5.45. The largest absolute Gasteiger partial charge is 0.475 e. The third-order valence-corrected chi connectivity index (χ3v) is 2.86. The smallest absolute Gasteiger partial charge is 0.372 e. The number of rotatable bonds is 5. The van der Waals surface area contributed by atoms with Gasteiger partial charge in [0.2, 0.25) is 5.78 Å². The van der Waals surface area contributed by atoms with Crippen LogP contribution in [0.4, 0.5) is 0 Å². The van der Waals surface area contributed by atoms with Gasteiger partial charge in [-0.2, -0.15) is 0 Å². The van der Waals surface area contributed by atoms with Gasteiger partial charge in [0.25, 0.3) is 0 Å². The van der Waals surface area contributed by atoms with Crippen LogP contribution in [0.15, 0.2) is 30.3 Å². The Hall–Kier alpha value is -1.64. The number of carboxylic acid groups (broad SMARTS) is 1. The monoisotopic (exact) mass is 220 g/mol. The molecule has 0 saturated heterocycles. The van der Waals surface area contributed by atoms with Crippen molar-refractivity contribution in [2.75, 3.05) is 0 Å². The fraction of sp³-hybridized carbons (Fsp3) is 0.385. The van der Waals surface area contributed by atoms with Crippen LogP contribution in [0.3, 0.4) is 0 Å². The standard InChI is InChI=1S/C13H16O3/c1-3-9(2)11(12(14)13(15)16)10-7-5-4-6-8-10/h4-9,11H,3H2,1-2H3,(H,15,16). The number of carbonyl (C=O) groups excluding carboxylic acids is 1. The summed E-state index contributed by atoms with van der Waals surface area (Å²) in [7, 11) is 0. The Balaban J connectivity index is 3.06. The van der Waals surface area contributed by atoms with Gasteiger partial charge < -0.3 is 5.11 Å². The van der Waals surface area contributed by atoms with Gasteiger partial charge in [0.05, 0.1) is 5.92 Å². The number of benzene rings is 1. The third-order valence-electron chi connectivity index (χ3n) is 2.86. The Morgan fingerprint density at radius 2 is 1.81 bits per heavy atom. The molecule has 1 aromatic carbocycles. The molecule has 86 valence electrons. The molecular formula is C13H16O3. The highest BCUT2D eigenvalue weighted by atomic mass is 16.4. The molecule has 0 amide bonds. The summed E-state index contributed by atoms with van der Waals surface area (Å²) in [5.74, 6) is -2.58. The maximum Gasteiger partial charge on any atom is 0.372 e. The van der Waals surface area contributed by atoms with Gasteiger partial charge in [-0.15, -0.1) is 0 Å². The Bertz CT molecular complexity index is 370. The van der Waals surface area contributed by atoms with Crippen LogP contribution in [0.5, 0.6) is 0 Å². The van der Waals surface area contributed by atoms with E-state index in [-0.39, 0.29) is 5.92 Å². The molecule has 0 bridgehead atoms. The van der Waals surface area contributed by atoms with E-state index < -0.39 is 17.7 Å². The van der Waals surface area contributed by atoms with E-state index in [1.165, 1.54) is 0 Å². The van der Waals surface area contributed by atoms with E-state index in [2.05, 4.69) is 0 Å². The molecule has 1 aromatic rings. The zero-order chi connectivity index (χ0) is 12.1. The van der Waals surface area contributed by atoms with Crippen LogP contribution in [-0.4, -0.2) is 16.9 Å². The minimum Gasteiger partial charge on any atom is -0.475 e. The molecule has 2 atom stereocenters. The molecule has 3 heteroatoms. The lowest BCUT2D eigenvalue weighted by Gasteiger charge is -2.20. The Morgan fingerprint density at radius 3 is 2.25 bits per heavy atom. The maximum atomic E-state index is 11.6. The zero-order valence-corrected chi connectivity index (χ0v) is 9.51. The highest BCUT2D eigenvalue weighted by Gasteiger charge is 2.30. The lowest BCUT2D eigenvalue weighted by molar-refractivity contribution is -0.150. The van der Waals surface area contributed by atoms with Crippen molar-refractivity contribution in [2.45, 2.75) is 26.2 Å². The zero-order valence-electron chi connectivity index (χ0n) is 9.51. The Labute approximate surface area is 95.1 Å². The number of Topliss-reactive ketones (excluding diaryl/α,β-unsaturated/α-hetero) is 1. The molecule has 0 aliphatic rings. The van der Waals surface area contributed by atoms with Gasteiger partial charge in [-0.05, 0) is 11.5 Å². The van der Waals surface area contributed by atoms with Gasteiger partial charge in [0.15, 0.2) is 0 Å². The van der Waals surface area contributed by atoms with Crippen molar-refractivity contribution in [3.05, 3.63) is 35.9 Å². The summed E-state index contributed by atoms with van der Waals surface area (Å²) in [5.41, 5.74) is 0.782. The van der Waals surface area contributed by atoms with Crippen molar-refractivity contribution in [2.24, 2.45) is 5.92 Å². The molecule has 0 radical (unpaired) electrons. The molecule has 16 heavy (non-hydrogen) atoms. The van der Waals surface area contributed by atoms with Crippen LogP contribution in [0.25, 0.3) is 0 Å². The van der Waals surface area contributed by atoms with Crippen molar-refractivity contribution in [1.29, 1.82) is 0 Å².